The molecule has 3 rings (SSSR count). The molecule has 0 fully saturated rings. The molecule has 0 atom stereocenters. The van der Waals surface area contributed by atoms with Crippen LogP contribution in [0.2, 0.25) is 10.0 Å². The maximum atomic E-state index is 12.1. The van der Waals surface area contributed by atoms with Crippen molar-refractivity contribution in [1.29, 1.82) is 0 Å². The monoisotopic (exact) mass is 529 g/mol. The summed E-state index contributed by atoms with van der Waals surface area (Å²) < 4.78 is 16.7. The highest BCUT2D eigenvalue weighted by Gasteiger charge is 2.13. The molecule has 2 N–H and O–H groups in total. The summed E-state index contributed by atoms with van der Waals surface area (Å²) in [4.78, 5) is 24.2. The van der Waals surface area contributed by atoms with Gasteiger partial charge in [0.15, 0.2) is 11.5 Å². The van der Waals surface area contributed by atoms with E-state index in [2.05, 4.69) is 15.8 Å². The van der Waals surface area contributed by atoms with Gasteiger partial charge in [-0.15, -0.1) is 0 Å². The summed E-state index contributed by atoms with van der Waals surface area (Å²) >= 11 is 12.0. The molecule has 8 nitrogen and oxygen atoms in total. The highest BCUT2D eigenvalue weighted by atomic mass is 35.5. The molecule has 0 radical (unpaired) electrons. The average molecular weight is 530 g/mol. The van der Waals surface area contributed by atoms with Gasteiger partial charge in [0.05, 0.1) is 30.0 Å². The van der Waals surface area contributed by atoms with E-state index in [1.165, 1.54) is 13.3 Å². The quantitative estimate of drug-likeness (QED) is 0.206. The molecule has 10 heteroatoms. The van der Waals surface area contributed by atoms with Crippen LogP contribution in [0.15, 0.2) is 65.8 Å². The van der Waals surface area contributed by atoms with Crippen molar-refractivity contribution in [1.82, 2.24) is 5.43 Å². The number of carbonyl (C=O) groups is 2. The number of rotatable bonds is 10. The molecule has 0 aromatic heterocycles. The Kier molecular flexibility index (Phi) is 9.97. The molecule has 0 spiro atoms. The molecule has 0 aliphatic heterocycles. The van der Waals surface area contributed by atoms with Gasteiger partial charge in [-0.05, 0) is 72.1 Å². The van der Waals surface area contributed by atoms with Crippen LogP contribution in [0.4, 0.5) is 5.69 Å². The third-order valence-corrected chi connectivity index (χ3v) is 5.48. The van der Waals surface area contributed by atoms with E-state index in [0.29, 0.717) is 45.2 Å². The summed E-state index contributed by atoms with van der Waals surface area (Å²) in [7, 11) is 1.51. The number of nitrogens with zero attached hydrogens (tertiary/aromatic N) is 1. The molecule has 2 amide bonds. The Balaban J connectivity index is 1.52. The third kappa shape index (κ3) is 7.90. The largest absolute Gasteiger partial charge is 0.494 e. The zero-order valence-corrected chi connectivity index (χ0v) is 21.2. The lowest BCUT2D eigenvalue weighted by Crippen LogP contribution is -2.32. The summed E-state index contributed by atoms with van der Waals surface area (Å²) in [6.07, 6.45) is 2.28. The highest BCUT2D eigenvalue weighted by Crippen LogP contribution is 2.29. The average Bonchev–Trinajstić information content (AvgIpc) is 2.89. The predicted octanol–water partition coefficient (Wildman–Crippen LogP) is 5.46. The van der Waals surface area contributed by atoms with E-state index in [0.717, 1.165) is 12.0 Å². The molecule has 0 unspecified atom stereocenters. The van der Waals surface area contributed by atoms with Gasteiger partial charge in [-0.2, -0.15) is 5.10 Å². The highest BCUT2D eigenvalue weighted by molar-refractivity contribution is 6.42. The fourth-order valence-corrected chi connectivity index (χ4v) is 3.25. The van der Waals surface area contributed by atoms with Crippen molar-refractivity contribution in [2.45, 2.75) is 20.0 Å². The van der Waals surface area contributed by atoms with Crippen molar-refractivity contribution in [2.75, 3.05) is 19.0 Å². The van der Waals surface area contributed by atoms with Crippen molar-refractivity contribution >= 4 is 46.9 Å². The van der Waals surface area contributed by atoms with Gasteiger partial charge in [0.25, 0.3) is 0 Å². The van der Waals surface area contributed by atoms with Crippen molar-refractivity contribution in [2.24, 2.45) is 5.10 Å². The van der Waals surface area contributed by atoms with Crippen LogP contribution in [0, 0.1) is 0 Å². The van der Waals surface area contributed by atoms with Gasteiger partial charge in [0.2, 0.25) is 0 Å². The number of amides is 2. The molecule has 0 saturated heterocycles. The number of hydrazone groups is 1. The minimum atomic E-state index is -0.911. The Morgan fingerprint density at radius 3 is 2.39 bits per heavy atom. The Hall–Kier alpha value is -3.75. The van der Waals surface area contributed by atoms with Crippen LogP contribution in [-0.2, 0) is 16.2 Å². The van der Waals surface area contributed by atoms with E-state index in [1.807, 2.05) is 13.0 Å². The fraction of sp³-hybridized carbons (Fsp3) is 0.192. The van der Waals surface area contributed by atoms with Crippen LogP contribution in [0.3, 0.4) is 0 Å². The molecule has 36 heavy (non-hydrogen) atoms. The first kappa shape index (κ1) is 26.8. The number of ether oxygens (including phenoxy) is 3. The second-order valence-corrected chi connectivity index (χ2v) is 8.29. The van der Waals surface area contributed by atoms with Crippen LogP contribution < -0.4 is 25.0 Å². The van der Waals surface area contributed by atoms with Crippen molar-refractivity contribution in [3.05, 3.63) is 81.8 Å². The van der Waals surface area contributed by atoms with Gasteiger partial charge in [0.1, 0.15) is 12.4 Å². The van der Waals surface area contributed by atoms with E-state index in [9.17, 15) is 9.59 Å². The number of benzene rings is 3. The van der Waals surface area contributed by atoms with Crippen LogP contribution in [0.1, 0.15) is 24.5 Å². The number of carbonyl (C=O) groups excluding carboxylic acids is 2. The molecular formula is C26H25Cl2N3O5. The second-order valence-electron chi connectivity index (χ2n) is 7.47. The van der Waals surface area contributed by atoms with Crippen molar-refractivity contribution in [3.63, 3.8) is 0 Å². The lowest BCUT2D eigenvalue weighted by atomic mass is 10.2. The van der Waals surface area contributed by atoms with Gasteiger partial charge in [-0.3, -0.25) is 9.59 Å². The SMILES string of the molecule is CCCOc1ccc(NC(=O)C(=O)N/N=C\c2ccc(OCc3ccc(Cl)c(Cl)c3)c(OC)c2)cc1. The molecule has 0 aliphatic carbocycles. The number of hydrogen-bond donors (Lipinski definition) is 2. The maximum Gasteiger partial charge on any atom is 0.329 e. The van der Waals surface area contributed by atoms with Crippen LogP contribution in [0.25, 0.3) is 0 Å². The van der Waals surface area contributed by atoms with Crippen LogP contribution >= 0.6 is 23.2 Å². The number of halogens is 2. The molecule has 3 aromatic carbocycles. The number of hydrogen-bond acceptors (Lipinski definition) is 6. The van der Waals surface area contributed by atoms with E-state index in [4.69, 9.17) is 37.4 Å². The Morgan fingerprint density at radius 1 is 0.917 bits per heavy atom. The normalized spacial score (nSPS) is 10.7. The first-order chi connectivity index (χ1) is 17.4. The molecule has 188 valence electrons. The van der Waals surface area contributed by atoms with Gasteiger partial charge in [0, 0.05) is 5.69 Å². The molecule has 3 aromatic rings. The fourth-order valence-electron chi connectivity index (χ4n) is 2.93. The standard InChI is InChI=1S/C26H25Cl2N3O5/c1-3-12-35-20-8-6-19(7-9-20)30-25(32)26(33)31-29-15-17-5-11-23(24(14-17)34-2)36-16-18-4-10-21(27)22(28)13-18/h4-11,13-15H,3,12,16H2,1-2H3,(H,30,32)(H,31,33)/b29-15-. The molecule has 0 aliphatic rings. The molecule has 0 heterocycles. The van der Waals surface area contributed by atoms with E-state index in [-0.39, 0.29) is 6.61 Å². The molecule has 0 saturated carbocycles. The second kappa shape index (κ2) is 13.4. The summed E-state index contributed by atoms with van der Waals surface area (Å²) in [6, 6.07) is 17.1. The van der Waals surface area contributed by atoms with Gasteiger partial charge in [-0.25, -0.2) is 5.43 Å². The topological polar surface area (TPSA) is 98.2 Å². The zero-order chi connectivity index (χ0) is 25.9. The van der Waals surface area contributed by atoms with Crippen molar-refractivity contribution in [3.8, 4) is 17.2 Å². The first-order valence-corrected chi connectivity index (χ1v) is 11.8. The lowest BCUT2D eigenvalue weighted by molar-refractivity contribution is -0.136. The molecular weight excluding hydrogens is 505 g/mol. The van der Waals surface area contributed by atoms with Gasteiger partial charge >= 0.3 is 11.8 Å². The summed E-state index contributed by atoms with van der Waals surface area (Å²) in [5.41, 5.74) is 4.13. The van der Waals surface area contributed by atoms with E-state index in [1.54, 1.807) is 54.6 Å². The number of nitrogens with one attached hydrogen (secondary N) is 2. The minimum absolute atomic E-state index is 0.264. The maximum absolute atomic E-state index is 12.1. The smallest absolute Gasteiger partial charge is 0.329 e. The van der Waals surface area contributed by atoms with Crippen LogP contribution in [-0.4, -0.2) is 31.7 Å². The summed E-state index contributed by atoms with van der Waals surface area (Å²) in [5.74, 6) is -0.0982. The van der Waals surface area contributed by atoms with Crippen LogP contribution in [0.5, 0.6) is 17.2 Å². The first-order valence-electron chi connectivity index (χ1n) is 11.0. The minimum Gasteiger partial charge on any atom is -0.494 e. The lowest BCUT2D eigenvalue weighted by Gasteiger charge is -2.11. The predicted molar refractivity (Wildman–Crippen MR) is 140 cm³/mol. The number of methoxy groups -OCH3 is 1. The number of anilines is 1. The summed E-state index contributed by atoms with van der Waals surface area (Å²) in [5, 5.41) is 7.26. The Bertz CT molecular complexity index is 1230. The Morgan fingerprint density at radius 2 is 1.69 bits per heavy atom. The van der Waals surface area contributed by atoms with Crippen molar-refractivity contribution < 1.29 is 23.8 Å². The third-order valence-electron chi connectivity index (χ3n) is 4.74. The zero-order valence-electron chi connectivity index (χ0n) is 19.7. The summed E-state index contributed by atoms with van der Waals surface area (Å²) in [6.45, 7) is 2.88. The Labute approximate surface area is 219 Å². The molecule has 0 bridgehead atoms. The van der Waals surface area contributed by atoms with Gasteiger partial charge < -0.3 is 19.5 Å². The van der Waals surface area contributed by atoms with E-state index >= 15 is 0 Å². The van der Waals surface area contributed by atoms with E-state index < -0.39 is 11.8 Å². The van der Waals surface area contributed by atoms with Gasteiger partial charge in [-0.1, -0.05) is 36.2 Å².